The third-order valence-electron chi connectivity index (χ3n) is 3.05. The highest BCUT2D eigenvalue weighted by atomic mass is 79.9. The van der Waals surface area contributed by atoms with Crippen molar-refractivity contribution in [3.8, 4) is 11.5 Å². The van der Waals surface area contributed by atoms with E-state index < -0.39 is 40.9 Å². The second-order valence-electron chi connectivity index (χ2n) is 4.55. The molecule has 0 spiro atoms. The molecule has 0 aliphatic heterocycles. The van der Waals surface area contributed by atoms with Crippen molar-refractivity contribution in [3.05, 3.63) is 32.2 Å². The highest BCUT2D eigenvalue weighted by Crippen LogP contribution is 2.42. The van der Waals surface area contributed by atoms with Crippen LogP contribution in [0.5, 0.6) is 11.5 Å². The number of aliphatic carboxylic acids is 2. The van der Waals surface area contributed by atoms with Gasteiger partial charge in [-0.1, -0.05) is 0 Å². The zero-order chi connectivity index (χ0) is 18.6. The zero-order valence-corrected chi connectivity index (χ0v) is 15.3. The van der Waals surface area contributed by atoms with Crippen LogP contribution in [0.25, 0.3) is 0 Å². The van der Waals surface area contributed by atoms with Gasteiger partial charge >= 0.3 is 17.9 Å². The lowest BCUT2D eigenvalue weighted by Crippen LogP contribution is -2.26. The lowest BCUT2D eigenvalue weighted by atomic mass is 9.91. The molecule has 0 aliphatic rings. The van der Waals surface area contributed by atoms with Gasteiger partial charge in [0.25, 0.3) is 0 Å². The standard InChI is InChI=1S/C14H12Br2O8/c1-24-14(23)7(6(13(21)22)4-9(17)18)2-5-3-8(15)11(19)12(20)10(5)16/h3-4,7,19-20H,2H2,1H3,(H,17,18)(H,21,22)/b6-4-. The van der Waals surface area contributed by atoms with E-state index in [2.05, 4.69) is 36.6 Å². The van der Waals surface area contributed by atoms with E-state index in [1.165, 1.54) is 6.07 Å². The Hall–Kier alpha value is -2.07. The number of carboxylic acid groups (broad SMARTS) is 2. The Morgan fingerprint density at radius 2 is 1.79 bits per heavy atom. The molecular weight excluding hydrogens is 456 g/mol. The SMILES string of the molecule is COC(=O)C(Cc1cc(Br)c(O)c(O)c1Br)/C(=C/C(=O)O)C(=O)O. The summed E-state index contributed by atoms with van der Waals surface area (Å²) in [7, 11) is 1.04. The van der Waals surface area contributed by atoms with Crippen molar-refractivity contribution in [1.82, 2.24) is 0 Å². The van der Waals surface area contributed by atoms with Crippen molar-refractivity contribution in [3.63, 3.8) is 0 Å². The van der Waals surface area contributed by atoms with E-state index >= 15 is 0 Å². The van der Waals surface area contributed by atoms with Crippen LogP contribution >= 0.6 is 31.9 Å². The van der Waals surface area contributed by atoms with E-state index in [-0.39, 0.29) is 20.9 Å². The van der Waals surface area contributed by atoms with Crippen molar-refractivity contribution < 1.29 is 39.5 Å². The van der Waals surface area contributed by atoms with E-state index in [0.29, 0.717) is 6.08 Å². The molecule has 24 heavy (non-hydrogen) atoms. The molecule has 0 saturated heterocycles. The van der Waals surface area contributed by atoms with Crippen LogP contribution in [0.1, 0.15) is 5.56 Å². The molecule has 0 saturated carbocycles. The Balaban J connectivity index is 3.43. The highest BCUT2D eigenvalue weighted by molar-refractivity contribution is 9.11. The molecule has 0 aromatic heterocycles. The number of esters is 1. The number of aromatic hydroxyl groups is 2. The number of methoxy groups -OCH3 is 1. The summed E-state index contributed by atoms with van der Waals surface area (Å²) in [4.78, 5) is 34.1. The van der Waals surface area contributed by atoms with Gasteiger partial charge in [-0.3, -0.25) is 4.79 Å². The Labute approximate surface area is 152 Å². The number of phenols is 2. The van der Waals surface area contributed by atoms with Crippen molar-refractivity contribution >= 4 is 49.8 Å². The first-order chi connectivity index (χ1) is 11.1. The van der Waals surface area contributed by atoms with Crippen LogP contribution in [0, 0.1) is 5.92 Å². The molecule has 1 atom stereocenters. The normalized spacial score (nSPS) is 12.5. The van der Waals surface area contributed by atoms with Crippen LogP contribution < -0.4 is 0 Å². The van der Waals surface area contributed by atoms with Gasteiger partial charge in [0.05, 0.1) is 27.5 Å². The maximum absolute atomic E-state index is 11.9. The largest absolute Gasteiger partial charge is 0.503 e. The minimum Gasteiger partial charge on any atom is -0.503 e. The molecule has 130 valence electrons. The predicted octanol–water partition coefficient (Wildman–Crippen LogP) is 2.05. The summed E-state index contributed by atoms with van der Waals surface area (Å²) in [5.41, 5.74) is -0.421. The lowest BCUT2D eigenvalue weighted by molar-refractivity contribution is -0.146. The summed E-state index contributed by atoms with van der Waals surface area (Å²) >= 11 is 6.04. The predicted molar refractivity (Wildman–Crippen MR) is 87.7 cm³/mol. The van der Waals surface area contributed by atoms with Crippen molar-refractivity contribution in [2.45, 2.75) is 6.42 Å². The van der Waals surface area contributed by atoms with E-state index in [1.54, 1.807) is 0 Å². The average molecular weight is 468 g/mol. The van der Waals surface area contributed by atoms with Crippen molar-refractivity contribution in [1.29, 1.82) is 0 Å². The third-order valence-corrected chi connectivity index (χ3v) is 4.54. The van der Waals surface area contributed by atoms with Gasteiger partial charge in [0.15, 0.2) is 11.5 Å². The third kappa shape index (κ3) is 4.48. The molecular formula is C14H12Br2O8. The highest BCUT2D eigenvalue weighted by Gasteiger charge is 2.31. The molecule has 1 aromatic carbocycles. The first-order valence-corrected chi connectivity index (χ1v) is 7.83. The summed E-state index contributed by atoms with van der Waals surface area (Å²) in [5, 5.41) is 37.4. The molecule has 8 nitrogen and oxygen atoms in total. The molecule has 1 rings (SSSR count). The Morgan fingerprint density at radius 1 is 1.21 bits per heavy atom. The Kier molecular flexibility index (Phi) is 6.79. The number of benzene rings is 1. The number of rotatable bonds is 6. The van der Waals surface area contributed by atoms with Crippen LogP contribution in [-0.2, 0) is 25.5 Å². The first kappa shape index (κ1) is 20.0. The zero-order valence-electron chi connectivity index (χ0n) is 12.1. The number of hydrogen-bond acceptors (Lipinski definition) is 6. The number of hydrogen-bond donors (Lipinski definition) is 4. The Bertz CT molecular complexity index is 726. The second kappa shape index (κ2) is 8.15. The van der Waals surface area contributed by atoms with Crippen LogP contribution in [0.15, 0.2) is 26.7 Å². The monoisotopic (exact) mass is 466 g/mol. The molecule has 4 N–H and O–H groups in total. The maximum Gasteiger partial charge on any atom is 0.332 e. The fourth-order valence-corrected chi connectivity index (χ4v) is 2.86. The quantitative estimate of drug-likeness (QED) is 0.283. The van der Waals surface area contributed by atoms with Crippen molar-refractivity contribution in [2.24, 2.45) is 5.92 Å². The van der Waals surface area contributed by atoms with Gasteiger partial charge in [0.1, 0.15) is 0 Å². The number of carbonyl (C=O) groups is 3. The fraction of sp³-hybridized carbons (Fsp3) is 0.214. The van der Waals surface area contributed by atoms with Crippen LogP contribution in [-0.4, -0.2) is 45.4 Å². The average Bonchev–Trinajstić information content (AvgIpc) is 2.52. The number of ether oxygens (including phenoxy) is 1. The smallest absolute Gasteiger partial charge is 0.332 e. The summed E-state index contributed by atoms with van der Waals surface area (Å²) in [6, 6.07) is 1.36. The molecule has 0 amide bonds. The van der Waals surface area contributed by atoms with Crippen LogP contribution in [0.3, 0.4) is 0 Å². The minimum absolute atomic E-state index is 0.0390. The summed E-state index contributed by atoms with van der Waals surface area (Å²) in [6.45, 7) is 0. The molecule has 10 heteroatoms. The van der Waals surface area contributed by atoms with E-state index in [9.17, 15) is 29.7 Å². The molecule has 0 bridgehead atoms. The molecule has 0 aliphatic carbocycles. The van der Waals surface area contributed by atoms with E-state index in [4.69, 9.17) is 5.11 Å². The number of carboxylic acids is 2. The van der Waals surface area contributed by atoms with Gasteiger partial charge in [-0.05, 0) is 49.9 Å². The van der Waals surface area contributed by atoms with Gasteiger partial charge in [0.2, 0.25) is 0 Å². The molecule has 0 radical (unpaired) electrons. The van der Waals surface area contributed by atoms with Gasteiger partial charge < -0.3 is 25.2 Å². The topological polar surface area (TPSA) is 141 Å². The maximum atomic E-state index is 11.9. The van der Waals surface area contributed by atoms with Gasteiger partial charge in [-0.15, -0.1) is 0 Å². The molecule has 1 aromatic rings. The van der Waals surface area contributed by atoms with E-state index in [0.717, 1.165) is 7.11 Å². The van der Waals surface area contributed by atoms with Gasteiger partial charge in [0, 0.05) is 6.08 Å². The van der Waals surface area contributed by atoms with Gasteiger partial charge in [-0.2, -0.15) is 0 Å². The Morgan fingerprint density at radius 3 is 2.25 bits per heavy atom. The molecule has 0 fully saturated rings. The molecule has 0 heterocycles. The van der Waals surface area contributed by atoms with Gasteiger partial charge in [-0.25, -0.2) is 9.59 Å². The first-order valence-electron chi connectivity index (χ1n) is 6.24. The summed E-state index contributed by atoms with van der Waals surface area (Å²) < 4.78 is 4.70. The lowest BCUT2D eigenvalue weighted by Gasteiger charge is -2.17. The number of carbonyl (C=O) groups excluding carboxylic acids is 1. The van der Waals surface area contributed by atoms with Crippen molar-refractivity contribution in [2.75, 3.05) is 7.11 Å². The van der Waals surface area contributed by atoms with Crippen LogP contribution in [0.2, 0.25) is 0 Å². The minimum atomic E-state index is -1.59. The summed E-state index contributed by atoms with van der Waals surface area (Å²) in [5.74, 6) is -6.47. The second-order valence-corrected chi connectivity index (χ2v) is 6.20. The molecule has 1 unspecified atom stereocenters. The number of phenolic OH excluding ortho intramolecular Hbond substituents is 2. The van der Waals surface area contributed by atoms with Crippen LogP contribution in [0.4, 0.5) is 0 Å². The fourth-order valence-electron chi connectivity index (χ4n) is 1.93. The van der Waals surface area contributed by atoms with E-state index in [1.807, 2.05) is 0 Å². The summed E-state index contributed by atoms with van der Waals surface area (Å²) in [6.07, 6.45) is 0.123. The number of halogens is 2.